The van der Waals surface area contributed by atoms with Crippen LogP contribution in [-0.2, 0) is 9.84 Å². The lowest BCUT2D eigenvalue weighted by atomic mass is 10.1. The van der Waals surface area contributed by atoms with E-state index in [-0.39, 0.29) is 4.90 Å². The lowest BCUT2D eigenvalue weighted by molar-refractivity contribution is 0.592. The van der Waals surface area contributed by atoms with Gasteiger partial charge in [0.05, 0.1) is 11.0 Å². The first-order valence-electron chi connectivity index (χ1n) is 6.66. The number of nitrogens with two attached hydrogens (primary N) is 1. The normalized spacial score (nSPS) is 27.1. The SMILES string of the molecule is N#C[C@]1(N)[C@H](c2ccc(Cl)cc2)[C@H]1S(=O)(=O)c1ccccc1. The largest absolute Gasteiger partial charge is 0.312 e. The standard InChI is InChI=1S/C16H13ClN2O2S/c17-12-8-6-11(7-9-12)14-15(16(14,19)10-18)22(20,21)13-4-2-1-3-5-13/h1-9,14-15H,19H2/t14-,15-,16+/m1/s1. The highest BCUT2D eigenvalue weighted by Crippen LogP contribution is 2.55. The molecule has 0 amide bonds. The second-order valence-electron chi connectivity index (χ2n) is 5.35. The summed E-state index contributed by atoms with van der Waals surface area (Å²) in [6.07, 6.45) is 0. The van der Waals surface area contributed by atoms with E-state index in [1.807, 2.05) is 6.07 Å². The molecular formula is C16H13ClN2O2S. The van der Waals surface area contributed by atoms with Crippen LogP contribution in [0.3, 0.4) is 0 Å². The fourth-order valence-electron chi connectivity index (χ4n) is 2.82. The van der Waals surface area contributed by atoms with Crippen molar-refractivity contribution >= 4 is 21.4 Å². The van der Waals surface area contributed by atoms with Gasteiger partial charge in [-0.15, -0.1) is 0 Å². The number of rotatable bonds is 3. The summed E-state index contributed by atoms with van der Waals surface area (Å²) < 4.78 is 25.5. The van der Waals surface area contributed by atoms with Gasteiger partial charge >= 0.3 is 0 Å². The molecule has 0 heterocycles. The minimum Gasteiger partial charge on any atom is -0.312 e. The third-order valence-corrected chi connectivity index (χ3v) is 6.52. The molecule has 1 saturated carbocycles. The maximum atomic E-state index is 12.8. The van der Waals surface area contributed by atoms with Crippen LogP contribution < -0.4 is 5.73 Å². The van der Waals surface area contributed by atoms with E-state index in [0.717, 1.165) is 0 Å². The predicted molar refractivity (Wildman–Crippen MR) is 84.1 cm³/mol. The first kappa shape index (κ1) is 15.0. The van der Waals surface area contributed by atoms with Gasteiger partial charge in [-0.2, -0.15) is 5.26 Å². The van der Waals surface area contributed by atoms with E-state index in [0.29, 0.717) is 10.6 Å². The molecule has 2 aromatic carbocycles. The van der Waals surface area contributed by atoms with Crippen LogP contribution in [0.4, 0.5) is 0 Å². The molecule has 0 radical (unpaired) electrons. The van der Waals surface area contributed by atoms with Crippen LogP contribution in [0.15, 0.2) is 59.5 Å². The molecule has 112 valence electrons. The number of sulfone groups is 1. The molecular weight excluding hydrogens is 320 g/mol. The predicted octanol–water partition coefficient (Wildman–Crippen LogP) is 2.50. The van der Waals surface area contributed by atoms with Crippen molar-refractivity contribution in [3.05, 3.63) is 65.2 Å². The zero-order valence-electron chi connectivity index (χ0n) is 11.5. The number of halogens is 1. The minimum atomic E-state index is -3.67. The third-order valence-electron chi connectivity index (χ3n) is 4.01. The second-order valence-corrected chi connectivity index (χ2v) is 7.86. The average molecular weight is 333 g/mol. The fraction of sp³-hybridized carbons (Fsp3) is 0.188. The highest BCUT2D eigenvalue weighted by atomic mass is 35.5. The maximum Gasteiger partial charge on any atom is 0.184 e. The first-order valence-corrected chi connectivity index (χ1v) is 8.58. The molecule has 0 saturated heterocycles. The quantitative estimate of drug-likeness (QED) is 0.936. The van der Waals surface area contributed by atoms with Gasteiger partial charge in [-0.3, -0.25) is 0 Å². The van der Waals surface area contributed by atoms with E-state index >= 15 is 0 Å². The summed E-state index contributed by atoms with van der Waals surface area (Å²) in [5.41, 5.74) is 5.35. The summed E-state index contributed by atoms with van der Waals surface area (Å²) in [4.78, 5) is 0.182. The van der Waals surface area contributed by atoms with E-state index < -0.39 is 26.5 Å². The Hall–Kier alpha value is -1.87. The van der Waals surface area contributed by atoms with Gasteiger partial charge in [0.2, 0.25) is 0 Å². The van der Waals surface area contributed by atoms with Crippen molar-refractivity contribution in [1.82, 2.24) is 0 Å². The molecule has 0 bridgehead atoms. The molecule has 1 fully saturated rings. The number of nitrogens with zero attached hydrogens (tertiary/aromatic N) is 1. The molecule has 0 spiro atoms. The smallest absolute Gasteiger partial charge is 0.184 e. The third kappa shape index (κ3) is 2.20. The lowest BCUT2D eigenvalue weighted by Crippen LogP contribution is -2.29. The van der Waals surface area contributed by atoms with Gasteiger partial charge in [0, 0.05) is 10.9 Å². The molecule has 1 aliphatic carbocycles. The van der Waals surface area contributed by atoms with Crippen LogP contribution in [0.5, 0.6) is 0 Å². The molecule has 2 N–H and O–H groups in total. The van der Waals surface area contributed by atoms with Crippen LogP contribution in [0.2, 0.25) is 5.02 Å². The van der Waals surface area contributed by atoms with E-state index in [9.17, 15) is 13.7 Å². The molecule has 0 unspecified atom stereocenters. The van der Waals surface area contributed by atoms with Crippen molar-refractivity contribution < 1.29 is 8.42 Å². The van der Waals surface area contributed by atoms with Crippen LogP contribution >= 0.6 is 11.6 Å². The van der Waals surface area contributed by atoms with Gasteiger partial charge in [-0.1, -0.05) is 41.9 Å². The monoisotopic (exact) mass is 332 g/mol. The average Bonchev–Trinajstić information content (AvgIpc) is 3.17. The van der Waals surface area contributed by atoms with Gasteiger partial charge in [0.15, 0.2) is 9.84 Å². The van der Waals surface area contributed by atoms with Crippen LogP contribution in [0.1, 0.15) is 11.5 Å². The van der Waals surface area contributed by atoms with Gasteiger partial charge in [0.1, 0.15) is 10.8 Å². The Morgan fingerprint density at radius 1 is 1.09 bits per heavy atom. The van der Waals surface area contributed by atoms with Crippen molar-refractivity contribution in [2.75, 3.05) is 0 Å². The highest BCUT2D eigenvalue weighted by Gasteiger charge is 2.70. The Kier molecular flexibility index (Phi) is 3.48. The van der Waals surface area contributed by atoms with E-state index in [1.165, 1.54) is 12.1 Å². The fourth-order valence-corrected chi connectivity index (χ4v) is 5.15. The Bertz CT molecular complexity index is 844. The Balaban J connectivity index is 2.04. The van der Waals surface area contributed by atoms with Crippen molar-refractivity contribution in [2.24, 2.45) is 5.73 Å². The Labute approximate surface area is 134 Å². The van der Waals surface area contributed by atoms with Gasteiger partial charge < -0.3 is 5.73 Å². The van der Waals surface area contributed by atoms with Crippen LogP contribution in [0.25, 0.3) is 0 Å². The number of hydrogen-bond donors (Lipinski definition) is 1. The molecule has 0 aliphatic heterocycles. The van der Waals surface area contributed by atoms with Gasteiger partial charge in [0.25, 0.3) is 0 Å². The molecule has 3 rings (SSSR count). The summed E-state index contributed by atoms with van der Waals surface area (Å²) in [6, 6.07) is 16.8. The summed E-state index contributed by atoms with van der Waals surface area (Å²) in [6.45, 7) is 0. The van der Waals surface area contributed by atoms with E-state index in [1.54, 1.807) is 42.5 Å². The summed E-state index contributed by atoms with van der Waals surface area (Å²) >= 11 is 5.85. The lowest BCUT2D eigenvalue weighted by Gasteiger charge is -2.04. The number of benzene rings is 2. The highest BCUT2D eigenvalue weighted by molar-refractivity contribution is 7.92. The second kappa shape index (κ2) is 5.10. The van der Waals surface area contributed by atoms with Crippen molar-refractivity contribution in [1.29, 1.82) is 5.26 Å². The molecule has 6 heteroatoms. The molecule has 4 nitrogen and oxygen atoms in total. The van der Waals surface area contributed by atoms with Crippen molar-refractivity contribution in [3.8, 4) is 6.07 Å². The van der Waals surface area contributed by atoms with Crippen LogP contribution in [-0.4, -0.2) is 19.2 Å². The zero-order chi connectivity index (χ0) is 16.0. The number of hydrogen-bond acceptors (Lipinski definition) is 4. The van der Waals surface area contributed by atoms with E-state index in [4.69, 9.17) is 17.3 Å². The molecule has 0 aromatic heterocycles. The van der Waals surface area contributed by atoms with Gasteiger partial charge in [-0.25, -0.2) is 8.42 Å². The minimum absolute atomic E-state index is 0.182. The van der Waals surface area contributed by atoms with Crippen molar-refractivity contribution in [2.45, 2.75) is 21.6 Å². The van der Waals surface area contributed by atoms with Crippen molar-refractivity contribution in [3.63, 3.8) is 0 Å². The van der Waals surface area contributed by atoms with Gasteiger partial charge in [-0.05, 0) is 29.8 Å². The maximum absolute atomic E-state index is 12.8. The Morgan fingerprint density at radius 3 is 2.23 bits per heavy atom. The summed E-state index contributed by atoms with van der Waals surface area (Å²) in [5, 5.41) is 8.96. The van der Waals surface area contributed by atoms with E-state index in [2.05, 4.69) is 0 Å². The van der Waals surface area contributed by atoms with Crippen LogP contribution in [0, 0.1) is 11.3 Å². The molecule has 22 heavy (non-hydrogen) atoms. The zero-order valence-corrected chi connectivity index (χ0v) is 13.1. The molecule has 2 aromatic rings. The molecule has 3 atom stereocenters. The topological polar surface area (TPSA) is 83.9 Å². The summed E-state index contributed by atoms with van der Waals surface area (Å²) in [7, 11) is -3.67. The summed E-state index contributed by atoms with van der Waals surface area (Å²) in [5.74, 6) is -0.556. The number of nitriles is 1. The Morgan fingerprint density at radius 2 is 1.68 bits per heavy atom. The molecule has 1 aliphatic rings. The first-order chi connectivity index (χ1) is 10.4.